The molecule has 1 aliphatic rings. The van der Waals surface area contributed by atoms with E-state index in [1.54, 1.807) is 0 Å². The zero-order valence-corrected chi connectivity index (χ0v) is 11.9. The van der Waals surface area contributed by atoms with Crippen molar-refractivity contribution in [2.75, 3.05) is 13.6 Å². The lowest BCUT2D eigenvalue weighted by atomic mass is 10.0. The largest absolute Gasteiger partial charge is 0.340 e. The molecule has 0 spiro atoms. The van der Waals surface area contributed by atoms with Gasteiger partial charge in [-0.2, -0.15) is 0 Å². The van der Waals surface area contributed by atoms with Crippen molar-refractivity contribution in [2.45, 2.75) is 33.2 Å². The topological polar surface area (TPSA) is 25.2 Å². The molecule has 1 amide bonds. The summed E-state index contributed by atoms with van der Waals surface area (Å²) in [5, 5.41) is 1.26. The monoisotopic (exact) mass is 256 g/mol. The van der Waals surface area contributed by atoms with Crippen molar-refractivity contribution in [3.8, 4) is 0 Å². The molecule has 1 aliphatic heterocycles. The summed E-state index contributed by atoms with van der Waals surface area (Å²) >= 11 is 0. The standard InChI is InChI=1S/C16H20N2O/c1-4-18-14-11(2)7-5-8-12(14)13-9-6-10-17(3)16(19)15(13)18/h5,7-8H,4,6,9-10H2,1-3H3. The predicted octanol–water partition coefficient (Wildman–Crippen LogP) is 2.99. The van der Waals surface area contributed by atoms with E-state index in [-0.39, 0.29) is 5.91 Å². The van der Waals surface area contributed by atoms with E-state index in [0.717, 1.165) is 31.6 Å². The van der Waals surface area contributed by atoms with Gasteiger partial charge in [0.15, 0.2) is 0 Å². The lowest BCUT2D eigenvalue weighted by molar-refractivity contribution is 0.0790. The van der Waals surface area contributed by atoms with Gasteiger partial charge in [0.05, 0.1) is 5.52 Å². The quantitative estimate of drug-likeness (QED) is 0.770. The molecule has 0 bridgehead atoms. The van der Waals surface area contributed by atoms with Gasteiger partial charge >= 0.3 is 0 Å². The maximum absolute atomic E-state index is 12.6. The van der Waals surface area contributed by atoms with Crippen molar-refractivity contribution in [3.05, 3.63) is 35.0 Å². The van der Waals surface area contributed by atoms with Crippen molar-refractivity contribution < 1.29 is 4.79 Å². The third kappa shape index (κ3) is 1.68. The van der Waals surface area contributed by atoms with Crippen LogP contribution >= 0.6 is 0 Å². The average Bonchev–Trinajstić information content (AvgIpc) is 2.65. The molecule has 3 heteroatoms. The number of nitrogens with zero attached hydrogens (tertiary/aromatic N) is 2. The summed E-state index contributed by atoms with van der Waals surface area (Å²) in [7, 11) is 1.90. The van der Waals surface area contributed by atoms with Crippen LogP contribution in [0.5, 0.6) is 0 Å². The zero-order chi connectivity index (χ0) is 13.6. The number of carbonyl (C=O) groups excluding carboxylic acids is 1. The van der Waals surface area contributed by atoms with Crippen LogP contribution in [0.3, 0.4) is 0 Å². The van der Waals surface area contributed by atoms with Crippen LogP contribution in [0, 0.1) is 6.92 Å². The molecule has 19 heavy (non-hydrogen) atoms. The van der Waals surface area contributed by atoms with Gasteiger partial charge in [-0.25, -0.2) is 0 Å². The third-order valence-corrected chi connectivity index (χ3v) is 4.17. The van der Waals surface area contributed by atoms with E-state index in [9.17, 15) is 4.79 Å². The summed E-state index contributed by atoms with van der Waals surface area (Å²) in [4.78, 5) is 14.5. The molecule has 2 heterocycles. The highest BCUT2D eigenvalue weighted by molar-refractivity contribution is 6.02. The molecule has 0 radical (unpaired) electrons. The Labute approximate surface area is 113 Å². The first-order valence-electron chi connectivity index (χ1n) is 7.01. The van der Waals surface area contributed by atoms with Gasteiger partial charge in [0.25, 0.3) is 5.91 Å². The average molecular weight is 256 g/mol. The molecule has 0 aliphatic carbocycles. The van der Waals surface area contributed by atoms with Crippen LogP contribution in [0.2, 0.25) is 0 Å². The molecule has 2 aromatic rings. The van der Waals surface area contributed by atoms with Crippen molar-refractivity contribution in [2.24, 2.45) is 0 Å². The summed E-state index contributed by atoms with van der Waals surface area (Å²) in [6.07, 6.45) is 2.05. The number of benzene rings is 1. The molecule has 3 nitrogen and oxygen atoms in total. The maximum Gasteiger partial charge on any atom is 0.270 e. The Bertz CT molecular complexity index is 654. The summed E-state index contributed by atoms with van der Waals surface area (Å²) < 4.78 is 2.20. The summed E-state index contributed by atoms with van der Waals surface area (Å²) in [6.45, 7) is 5.94. The van der Waals surface area contributed by atoms with Crippen LogP contribution in [-0.2, 0) is 13.0 Å². The molecular weight excluding hydrogens is 236 g/mol. The molecule has 1 aromatic heterocycles. The van der Waals surface area contributed by atoms with Gasteiger partial charge in [0.2, 0.25) is 0 Å². The van der Waals surface area contributed by atoms with E-state index in [2.05, 4.69) is 36.6 Å². The predicted molar refractivity (Wildman–Crippen MR) is 77.6 cm³/mol. The minimum absolute atomic E-state index is 0.171. The van der Waals surface area contributed by atoms with Gasteiger partial charge in [-0.3, -0.25) is 4.79 Å². The number of aromatic nitrogens is 1. The number of rotatable bonds is 1. The third-order valence-electron chi connectivity index (χ3n) is 4.17. The SMILES string of the molecule is CCn1c2c(c3cccc(C)c31)CCCN(C)C2=O. The normalized spacial score (nSPS) is 15.7. The maximum atomic E-state index is 12.6. The Morgan fingerprint density at radius 2 is 2.11 bits per heavy atom. The molecule has 0 saturated heterocycles. The highest BCUT2D eigenvalue weighted by Crippen LogP contribution is 2.32. The van der Waals surface area contributed by atoms with Gasteiger partial charge in [-0.1, -0.05) is 18.2 Å². The van der Waals surface area contributed by atoms with Gasteiger partial charge in [-0.05, 0) is 37.8 Å². The minimum atomic E-state index is 0.171. The molecule has 0 atom stereocenters. The lowest BCUT2D eigenvalue weighted by Gasteiger charge is -2.16. The van der Waals surface area contributed by atoms with Gasteiger partial charge < -0.3 is 9.47 Å². The second-order valence-electron chi connectivity index (χ2n) is 5.37. The van der Waals surface area contributed by atoms with Crippen LogP contribution in [0.25, 0.3) is 10.9 Å². The van der Waals surface area contributed by atoms with Gasteiger partial charge in [0, 0.05) is 25.5 Å². The van der Waals surface area contributed by atoms with E-state index in [1.165, 1.54) is 22.0 Å². The van der Waals surface area contributed by atoms with Crippen LogP contribution in [-0.4, -0.2) is 29.0 Å². The smallest absolute Gasteiger partial charge is 0.270 e. The molecule has 0 fully saturated rings. The van der Waals surface area contributed by atoms with Crippen molar-refractivity contribution in [1.82, 2.24) is 9.47 Å². The highest BCUT2D eigenvalue weighted by Gasteiger charge is 2.27. The Morgan fingerprint density at radius 3 is 2.84 bits per heavy atom. The zero-order valence-electron chi connectivity index (χ0n) is 11.9. The number of aryl methyl sites for hydroxylation is 3. The van der Waals surface area contributed by atoms with Gasteiger partial charge in [0.1, 0.15) is 5.69 Å². The first-order chi connectivity index (χ1) is 9.15. The minimum Gasteiger partial charge on any atom is -0.340 e. The Kier molecular flexibility index (Phi) is 2.85. The van der Waals surface area contributed by atoms with E-state index in [0.29, 0.717) is 0 Å². The molecule has 0 N–H and O–H groups in total. The fourth-order valence-electron chi connectivity index (χ4n) is 3.25. The number of fused-ring (bicyclic) bond motifs is 3. The highest BCUT2D eigenvalue weighted by atomic mass is 16.2. The van der Waals surface area contributed by atoms with Crippen molar-refractivity contribution in [3.63, 3.8) is 0 Å². The molecule has 3 rings (SSSR count). The van der Waals surface area contributed by atoms with Crippen LogP contribution in [0.1, 0.15) is 35.0 Å². The van der Waals surface area contributed by atoms with E-state index in [4.69, 9.17) is 0 Å². The van der Waals surface area contributed by atoms with Crippen molar-refractivity contribution >= 4 is 16.8 Å². The first kappa shape index (κ1) is 12.3. The Balaban J connectivity index is 2.40. The second kappa shape index (κ2) is 4.41. The lowest BCUT2D eigenvalue weighted by Crippen LogP contribution is -2.28. The number of amides is 1. The molecule has 0 unspecified atom stereocenters. The number of hydrogen-bond acceptors (Lipinski definition) is 1. The fourth-order valence-corrected chi connectivity index (χ4v) is 3.25. The van der Waals surface area contributed by atoms with Crippen LogP contribution in [0.4, 0.5) is 0 Å². The molecule has 1 aromatic carbocycles. The molecule has 0 saturated carbocycles. The van der Waals surface area contributed by atoms with Gasteiger partial charge in [-0.15, -0.1) is 0 Å². The summed E-state index contributed by atoms with van der Waals surface area (Å²) in [5.41, 5.74) is 4.64. The van der Waals surface area contributed by atoms with Crippen LogP contribution < -0.4 is 0 Å². The van der Waals surface area contributed by atoms with Crippen LogP contribution in [0.15, 0.2) is 18.2 Å². The Hall–Kier alpha value is -1.77. The summed E-state index contributed by atoms with van der Waals surface area (Å²) in [6, 6.07) is 6.38. The fraction of sp³-hybridized carbons (Fsp3) is 0.438. The van der Waals surface area contributed by atoms with E-state index in [1.807, 2.05) is 11.9 Å². The number of hydrogen-bond donors (Lipinski definition) is 0. The number of para-hydroxylation sites is 1. The van der Waals surface area contributed by atoms with E-state index >= 15 is 0 Å². The molecular formula is C16H20N2O. The first-order valence-corrected chi connectivity index (χ1v) is 7.01. The second-order valence-corrected chi connectivity index (χ2v) is 5.37. The van der Waals surface area contributed by atoms with Crippen molar-refractivity contribution in [1.29, 1.82) is 0 Å². The van der Waals surface area contributed by atoms with E-state index < -0.39 is 0 Å². The number of carbonyl (C=O) groups is 1. The Morgan fingerprint density at radius 1 is 1.32 bits per heavy atom. The summed E-state index contributed by atoms with van der Waals surface area (Å²) in [5.74, 6) is 0.171. The molecule has 100 valence electrons.